The van der Waals surface area contributed by atoms with Crippen LogP contribution in [0.4, 0.5) is 0 Å². The summed E-state index contributed by atoms with van der Waals surface area (Å²) in [4.78, 5) is 18.0. The van der Waals surface area contributed by atoms with E-state index in [-0.39, 0.29) is 5.91 Å². The molecule has 18 heavy (non-hydrogen) atoms. The van der Waals surface area contributed by atoms with Gasteiger partial charge in [-0.3, -0.25) is 4.79 Å². The lowest BCUT2D eigenvalue weighted by Crippen LogP contribution is -2.23. The Kier molecular flexibility index (Phi) is 4.42. The van der Waals surface area contributed by atoms with Crippen LogP contribution in [-0.2, 0) is 6.54 Å². The van der Waals surface area contributed by atoms with Gasteiger partial charge in [0.25, 0.3) is 5.91 Å². The van der Waals surface area contributed by atoms with Crippen molar-refractivity contribution in [3.63, 3.8) is 0 Å². The summed E-state index contributed by atoms with van der Waals surface area (Å²) in [6, 6.07) is 5.38. The number of nitrogens with zero attached hydrogens (tertiary/aromatic N) is 1. The molecule has 2 rings (SSSR count). The Balaban J connectivity index is 2.08. The Bertz CT molecular complexity index is 583. The highest BCUT2D eigenvalue weighted by molar-refractivity contribution is 9.10. The van der Waals surface area contributed by atoms with Gasteiger partial charge in [0, 0.05) is 14.2 Å². The van der Waals surface area contributed by atoms with E-state index in [4.69, 9.17) is 0 Å². The number of amides is 1. The number of rotatable bonds is 3. The minimum atomic E-state index is -0.120. The third-order valence-corrected chi connectivity index (χ3v) is 4.35. The monoisotopic (exact) mass is 342 g/mol. The Morgan fingerprint density at radius 3 is 3.00 bits per heavy atom. The predicted molar refractivity (Wildman–Crippen MR) is 79.4 cm³/mol. The van der Waals surface area contributed by atoms with Crippen LogP contribution >= 0.6 is 39.9 Å². The molecule has 0 aliphatic carbocycles. The number of halogens is 1. The zero-order valence-corrected chi connectivity index (χ0v) is 12.9. The normalized spacial score (nSPS) is 10.4. The fourth-order valence-electron chi connectivity index (χ4n) is 1.44. The van der Waals surface area contributed by atoms with Crippen molar-refractivity contribution in [3.05, 3.63) is 44.3 Å². The number of nitrogens with one attached hydrogen (secondary N) is 1. The van der Waals surface area contributed by atoms with Gasteiger partial charge in [0.05, 0.1) is 23.3 Å². The molecule has 6 heteroatoms. The van der Waals surface area contributed by atoms with Gasteiger partial charge in [-0.2, -0.15) is 0 Å². The number of carbonyl (C=O) groups is 1. The fraction of sp³-hybridized carbons (Fsp3) is 0.167. The van der Waals surface area contributed by atoms with E-state index < -0.39 is 0 Å². The Morgan fingerprint density at radius 1 is 1.56 bits per heavy atom. The average molecular weight is 343 g/mol. The molecule has 0 saturated heterocycles. The van der Waals surface area contributed by atoms with E-state index in [1.165, 1.54) is 0 Å². The fourth-order valence-corrected chi connectivity index (χ4v) is 2.79. The van der Waals surface area contributed by atoms with E-state index in [1.54, 1.807) is 22.9 Å². The molecule has 0 fully saturated rings. The Morgan fingerprint density at radius 2 is 2.33 bits per heavy atom. The van der Waals surface area contributed by atoms with Gasteiger partial charge < -0.3 is 5.32 Å². The number of aromatic nitrogens is 1. The Labute approximate surface area is 123 Å². The van der Waals surface area contributed by atoms with Gasteiger partial charge in [-0.15, -0.1) is 24.0 Å². The van der Waals surface area contributed by atoms with Gasteiger partial charge in [0.2, 0.25) is 0 Å². The molecule has 0 unspecified atom stereocenters. The summed E-state index contributed by atoms with van der Waals surface area (Å²) in [5.41, 5.74) is 3.33. The number of hydrogen-bond donors (Lipinski definition) is 2. The Hall–Kier alpha value is -0.850. The van der Waals surface area contributed by atoms with E-state index in [0.717, 1.165) is 19.9 Å². The summed E-state index contributed by atoms with van der Waals surface area (Å²) in [5.74, 6) is -0.120. The summed E-state index contributed by atoms with van der Waals surface area (Å²) in [5, 5.41) is 2.88. The second kappa shape index (κ2) is 5.86. The van der Waals surface area contributed by atoms with Gasteiger partial charge in [-0.05, 0) is 41.1 Å². The molecule has 1 aromatic heterocycles. The van der Waals surface area contributed by atoms with Crippen LogP contribution in [0.1, 0.15) is 20.9 Å². The van der Waals surface area contributed by atoms with Crippen LogP contribution in [0.5, 0.6) is 0 Å². The van der Waals surface area contributed by atoms with Crippen molar-refractivity contribution in [3.8, 4) is 0 Å². The lowest BCUT2D eigenvalue weighted by molar-refractivity contribution is 0.0950. The molecule has 2 aromatic rings. The van der Waals surface area contributed by atoms with E-state index in [1.807, 2.05) is 19.1 Å². The SMILES string of the molecule is Cc1ncsc1CNC(=O)c1cc(S)ccc1Br. The zero-order valence-electron chi connectivity index (χ0n) is 9.61. The number of hydrogen-bond acceptors (Lipinski definition) is 4. The second-order valence-electron chi connectivity index (χ2n) is 3.71. The second-order valence-corrected chi connectivity index (χ2v) is 6.02. The van der Waals surface area contributed by atoms with Crippen LogP contribution in [0.25, 0.3) is 0 Å². The van der Waals surface area contributed by atoms with Crippen LogP contribution in [0.3, 0.4) is 0 Å². The van der Waals surface area contributed by atoms with Crippen molar-refractivity contribution < 1.29 is 4.79 Å². The molecule has 0 bridgehead atoms. The maximum absolute atomic E-state index is 12.0. The molecular formula is C12H11BrN2OS2. The van der Waals surface area contributed by atoms with Gasteiger partial charge in [-0.25, -0.2) is 4.98 Å². The van der Waals surface area contributed by atoms with Crippen molar-refractivity contribution in [2.24, 2.45) is 0 Å². The van der Waals surface area contributed by atoms with Gasteiger partial charge in [0.1, 0.15) is 0 Å². The molecule has 3 nitrogen and oxygen atoms in total. The first kappa shape index (κ1) is 13.6. The summed E-state index contributed by atoms with van der Waals surface area (Å²) < 4.78 is 0.763. The molecule has 0 spiro atoms. The summed E-state index contributed by atoms with van der Waals surface area (Å²) in [6.45, 7) is 2.43. The molecule has 0 radical (unpaired) electrons. The van der Waals surface area contributed by atoms with Crippen molar-refractivity contribution in [2.45, 2.75) is 18.4 Å². The largest absolute Gasteiger partial charge is 0.347 e. The molecule has 1 aromatic carbocycles. The molecular weight excluding hydrogens is 332 g/mol. The van der Waals surface area contributed by atoms with Crippen LogP contribution in [0.2, 0.25) is 0 Å². The topological polar surface area (TPSA) is 42.0 Å². The molecule has 94 valence electrons. The molecule has 1 amide bonds. The average Bonchev–Trinajstić information content (AvgIpc) is 2.75. The van der Waals surface area contributed by atoms with E-state index in [0.29, 0.717) is 12.1 Å². The van der Waals surface area contributed by atoms with Crippen molar-refractivity contribution in [1.82, 2.24) is 10.3 Å². The summed E-state index contributed by atoms with van der Waals surface area (Å²) >= 11 is 9.13. The third-order valence-electron chi connectivity index (χ3n) is 2.45. The molecule has 1 heterocycles. The molecule has 0 aliphatic rings. The standard InChI is InChI=1S/C12H11BrN2OS2/c1-7-11(18-6-15-7)5-14-12(16)9-4-8(17)2-3-10(9)13/h2-4,6,17H,5H2,1H3,(H,14,16). The summed E-state index contributed by atoms with van der Waals surface area (Å²) in [7, 11) is 0. The predicted octanol–water partition coefficient (Wildman–Crippen LogP) is 3.43. The highest BCUT2D eigenvalue weighted by Crippen LogP contribution is 2.20. The lowest BCUT2D eigenvalue weighted by atomic mass is 10.2. The van der Waals surface area contributed by atoms with Gasteiger partial charge in [0.15, 0.2) is 0 Å². The van der Waals surface area contributed by atoms with Crippen LogP contribution in [-0.4, -0.2) is 10.9 Å². The zero-order chi connectivity index (χ0) is 13.1. The van der Waals surface area contributed by atoms with E-state index in [9.17, 15) is 4.79 Å². The number of benzene rings is 1. The highest BCUT2D eigenvalue weighted by atomic mass is 79.9. The van der Waals surface area contributed by atoms with Crippen molar-refractivity contribution >= 4 is 45.8 Å². The molecule has 0 saturated carbocycles. The maximum Gasteiger partial charge on any atom is 0.252 e. The van der Waals surface area contributed by atoms with E-state index >= 15 is 0 Å². The first-order chi connectivity index (χ1) is 8.58. The van der Waals surface area contributed by atoms with Crippen LogP contribution in [0.15, 0.2) is 33.1 Å². The van der Waals surface area contributed by atoms with Gasteiger partial charge >= 0.3 is 0 Å². The van der Waals surface area contributed by atoms with Crippen molar-refractivity contribution in [1.29, 1.82) is 0 Å². The number of carbonyl (C=O) groups excluding carboxylic acids is 1. The highest BCUT2D eigenvalue weighted by Gasteiger charge is 2.11. The smallest absolute Gasteiger partial charge is 0.252 e. The van der Waals surface area contributed by atoms with Gasteiger partial charge in [-0.1, -0.05) is 0 Å². The van der Waals surface area contributed by atoms with Crippen LogP contribution in [0, 0.1) is 6.92 Å². The molecule has 1 N–H and O–H groups in total. The minimum Gasteiger partial charge on any atom is -0.347 e. The summed E-state index contributed by atoms with van der Waals surface area (Å²) in [6.07, 6.45) is 0. The number of thiazole rings is 1. The minimum absolute atomic E-state index is 0.120. The number of aryl methyl sites for hydroxylation is 1. The van der Waals surface area contributed by atoms with E-state index in [2.05, 4.69) is 38.9 Å². The van der Waals surface area contributed by atoms with Crippen molar-refractivity contribution in [2.75, 3.05) is 0 Å². The van der Waals surface area contributed by atoms with Crippen LogP contribution < -0.4 is 5.32 Å². The lowest BCUT2D eigenvalue weighted by Gasteiger charge is -2.07. The molecule has 0 aliphatic heterocycles. The number of thiol groups is 1. The first-order valence-electron chi connectivity index (χ1n) is 5.23. The quantitative estimate of drug-likeness (QED) is 0.839. The first-order valence-corrected chi connectivity index (χ1v) is 7.35. The third kappa shape index (κ3) is 3.13. The maximum atomic E-state index is 12.0. The molecule has 0 atom stereocenters.